The quantitative estimate of drug-likeness (QED) is 0.136. The molecule has 0 radical (unpaired) electrons. The van der Waals surface area contributed by atoms with E-state index in [9.17, 15) is 0 Å². The third kappa shape index (κ3) is 6.01. The summed E-state index contributed by atoms with van der Waals surface area (Å²) in [6.45, 7) is 12.2. The maximum Gasteiger partial charge on any atom is -0.00928 e. The predicted molar refractivity (Wildman–Crippen MR) is 200 cm³/mol. The molecule has 0 heteroatoms. The SMILES string of the molecule is C=C/C=C(\C=C)c1cc(-c2ccccc2)cc(-c2cccc(-c3ccc4c5ccccc5c5ccccc5c4c3)c2)c1.CCC. The molecule has 0 saturated heterocycles. The van der Waals surface area contributed by atoms with E-state index in [1.165, 1.54) is 72.1 Å². The highest BCUT2D eigenvalue weighted by Gasteiger charge is 2.11. The van der Waals surface area contributed by atoms with E-state index < -0.39 is 0 Å². The summed E-state index contributed by atoms with van der Waals surface area (Å²) in [5.41, 5.74) is 9.29. The van der Waals surface area contributed by atoms with Crippen LogP contribution in [0, 0.1) is 0 Å². The van der Waals surface area contributed by atoms with Crippen LogP contribution >= 0.6 is 0 Å². The second kappa shape index (κ2) is 13.5. The lowest BCUT2D eigenvalue weighted by atomic mass is 9.90. The minimum Gasteiger partial charge on any atom is -0.0990 e. The van der Waals surface area contributed by atoms with Gasteiger partial charge in [-0.25, -0.2) is 0 Å². The van der Waals surface area contributed by atoms with E-state index in [1.54, 1.807) is 0 Å². The average Bonchev–Trinajstić information content (AvgIpc) is 3.11. The van der Waals surface area contributed by atoms with Crippen LogP contribution in [0.2, 0.25) is 0 Å². The average molecular weight is 579 g/mol. The number of allylic oxidation sites excluding steroid dienone is 4. The maximum atomic E-state index is 4.06. The van der Waals surface area contributed by atoms with E-state index >= 15 is 0 Å². The Morgan fingerprint density at radius 1 is 0.444 bits per heavy atom. The van der Waals surface area contributed by atoms with Crippen molar-refractivity contribution in [3.05, 3.63) is 176 Å². The number of hydrogen-bond donors (Lipinski definition) is 0. The first-order valence-corrected chi connectivity index (χ1v) is 15.7. The molecule has 7 rings (SSSR count). The summed E-state index contributed by atoms with van der Waals surface area (Å²) in [4.78, 5) is 0. The molecule has 0 fully saturated rings. The van der Waals surface area contributed by atoms with E-state index in [0.29, 0.717) is 0 Å². The Hall–Kier alpha value is -5.46. The Morgan fingerprint density at radius 3 is 1.47 bits per heavy atom. The lowest BCUT2D eigenvalue weighted by Gasteiger charge is -2.14. The fourth-order valence-electron chi connectivity index (χ4n) is 6.13. The first-order valence-electron chi connectivity index (χ1n) is 15.7. The molecule has 0 N–H and O–H groups in total. The lowest BCUT2D eigenvalue weighted by Crippen LogP contribution is -1.89. The van der Waals surface area contributed by atoms with Crippen molar-refractivity contribution < 1.29 is 0 Å². The van der Waals surface area contributed by atoms with Crippen LogP contribution in [0.4, 0.5) is 0 Å². The van der Waals surface area contributed by atoms with Gasteiger partial charge < -0.3 is 0 Å². The van der Waals surface area contributed by atoms with Crippen LogP contribution in [-0.2, 0) is 0 Å². The van der Waals surface area contributed by atoms with Crippen LogP contribution in [0.25, 0.3) is 71.3 Å². The monoisotopic (exact) mass is 578 g/mol. The largest absolute Gasteiger partial charge is 0.0990 e. The topological polar surface area (TPSA) is 0 Å². The van der Waals surface area contributed by atoms with Crippen molar-refractivity contribution in [1.29, 1.82) is 0 Å². The first-order chi connectivity index (χ1) is 22.1. The molecule has 0 saturated carbocycles. The van der Waals surface area contributed by atoms with Gasteiger partial charge in [0, 0.05) is 0 Å². The Labute approximate surface area is 267 Å². The van der Waals surface area contributed by atoms with E-state index in [2.05, 4.69) is 167 Å². The summed E-state index contributed by atoms with van der Waals surface area (Å²) in [6, 6.07) is 50.6. The van der Waals surface area contributed by atoms with E-state index in [4.69, 9.17) is 0 Å². The van der Waals surface area contributed by atoms with Gasteiger partial charge in [-0.05, 0) is 107 Å². The zero-order chi connectivity index (χ0) is 31.2. The van der Waals surface area contributed by atoms with Crippen molar-refractivity contribution in [2.24, 2.45) is 0 Å². The van der Waals surface area contributed by atoms with Gasteiger partial charge >= 0.3 is 0 Å². The molecule has 0 atom stereocenters. The maximum absolute atomic E-state index is 4.06. The second-order valence-corrected chi connectivity index (χ2v) is 11.4. The number of fused-ring (bicyclic) bond motifs is 6. The summed E-state index contributed by atoms with van der Waals surface area (Å²) in [5, 5.41) is 7.75. The second-order valence-electron chi connectivity index (χ2n) is 11.4. The molecule has 7 aromatic rings. The predicted octanol–water partition coefficient (Wildman–Crippen LogP) is 13.3. The molecule has 0 aromatic heterocycles. The minimum atomic E-state index is 1.05. The molecule has 0 bridgehead atoms. The smallest absolute Gasteiger partial charge is 0.00928 e. The van der Waals surface area contributed by atoms with Crippen molar-refractivity contribution in [3.8, 4) is 33.4 Å². The van der Waals surface area contributed by atoms with E-state index in [-0.39, 0.29) is 0 Å². The number of hydrogen-bond acceptors (Lipinski definition) is 0. The van der Waals surface area contributed by atoms with Gasteiger partial charge in [0.2, 0.25) is 0 Å². The van der Waals surface area contributed by atoms with Crippen molar-refractivity contribution in [2.75, 3.05) is 0 Å². The van der Waals surface area contributed by atoms with Gasteiger partial charge in [0.1, 0.15) is 0 Å². The van der Waals surface area contributed by atoms with Crippen LogP contribution in [0.5, 0.6) is 0 Å². The van der Waals surface area contributed by atoms with Gasteiger partial charge in [-0.2, -0.15) is 0 Å². The van der Waals surface area contributed by atoms with E-state index in [1.807, 2.05) is 18.2 Å². The standard InChI is InChI=1S/C42H30.C3H8/c1-3-13-29(4-2)34-25-35(30-14-6-5-7-15-30)27-36(26-34)32-17-12-16-31(24-32)33-22-23-41-39-20-9-8-18-37(39)38-19-10-11-21-40(38)42(41)28-33;1-3-2/h3-28H,1-2H2;3H2,1-2H3/b29-13+;. The van der Waals surface area contributed by atoms with Gasteiger partial charge in [0.15, 0.2) is 0 Å². The van der Waals surface area contributed by atoms with Crippen molar-refractivity contribution in [1.82, 2.24) is 0 Å². The third-order valence-corrected chi connectivity index (χ3v) is 8.16. The van der Waals surface area contributed by atoms with Crippen molar-refractivity contribution in [3.63, 3.8) is 0 Å². The Kier molecular flexibility index (Phi) is 8.85. The van der Waals surface area contributed by atoms with Gasteiger partial charge in [0.25, 0.3) is 0 Å². The minimum absolute atomic E-state index is 1.05. The number of rotatable bonds is 6. The molecule has 45 heavy (non-hydrogen) atoms. The molecular formula is C45H38. The summed E-state index contributed by atoms with van der Waals surface area (Å²) < 4.78 is 0. The van der Waals surface area contributed by atoms with Gasteiger partial charge in [-0.3, -0.25) is 0 Å². The normalized spacial score (nSPS) is 11.3. The van der Waals surface area contributed by atoms with Crippen molar-refractivity contribution in [2.45, 2.75) is 20.3 Å². The van der Waals surface area contributed by atoms with Gasteiger partial charge in [-0.1, -0.05) is 161 Å². The Morgan fingerprint density at radius 2 is 0.889 bits per heavy atom. The molecule has 0 aliphatic heterocycles. The first kappa shape index (κ1) is 29.6. The molecule has 0 nitrogen and oxygen atoms in total. The third-order valence-electron chi connectivity index (χ3n) is 8.16. The van der Waals surface area contributed by atoms with Crippen LogP contribution in [0.3, 0.4) is 0 Å². The zero-order valence-corrected chi connectivity index (χ0v) is 26.1. The van der Waals surface area contributed by atoms with Crippen molar-refractivity contribution >= 4 is 37.9 Å². The number of benzene rings is 7. The van der Waals surface area contributed by atoms with Gasteiger partial charge in [-0.15, -0.1) is 0 Å². The molecule has 0 aliphatic rings. The fraction of sp³-hybridized carbons (Fsp3) is 0.0667. The lowest BCUT2D eigenvalue weighted by molar-refractivity contribution is 1.09. The molecule has 0 unspecified atom stereocenters. The molecule has 0 amide bonds. The van der Waals surface area contributed by atoms with Gasteiger partial charge in [0.05, 0.1) is 0 Å². The molecule has 218 valence electrons. The Balaban J connectivity index is 0.00000115. The fourth-order valence-corrected chi connectivity index (χ4v) is 6.13. The molecule has 0 spiro atoms. The molecule has 7 aromatic carbocycles. The highest BCUT2D eigenvalue weighted by atomic mass is 14.2. The van der Waals surface area contributed by atoms with E-state index in [0.717, 1.165) is 11.1 Å². The molecular weight excluding hydrogens is 540 g/mol. The summed E-state index contributed by atoms with van der Waals surface area (Å²) >= 11 is 0. The highest BCUT2D eigenvalue weighted by Crippen LogP contribution is 2.38. The molecule has 0 aliphatic carbocycles. The van der Waals surface area contributed by atoms with Crippen LogP contribution in [-0.4, -0.2) is 0 Å². The Bertz CT molecular complexity index is 2140. The van der Waals surface area contributed by atoms with Crippen LogP contribution < -0.4 is 0 Å². The molecule has 0 heterocycles. The summed E-state index contributed by atoms with van der Waals surface area (Å²) in [7, 11) is 0. The van der Waals surface area contributed by atoms with Crippen LogP contribution in [0.15, 0.2) is 171 Å². The summed E-state index contributed by atoms with van der Waals surface area (Å²) in [6.07, 6.45) is 6.98. The highest BCUT2D eigenvalue weighted by molar-refractivity contribution is 6.25. The van der Waals surface area contributed by atoms with Crippen LogP contribution in [0.1, 0.15) is 25.8 Å². The zero-order valence-electron chi connectivity index (χ0n) is 26.1. The summed E-state index contributed by atoms with van der Waals surface area (Å²) in [5.74, 6) is 0.